The third kappa shape index (κ3) is 3.51. The Morgan fingerprint density at radius 2 is 2.30 bits per heavy atom. The van der Waals surface area contributed by atoms with Crippen LogP contribution in [0.1, 0.15) is 16.8 Å². The fourth-order valence-corrected chi connectivity index (χ4v) is 1.41. The van der Waals surface area contributed by atoms with Crippen LogP contribution in [0.5, 0.6) is 0 Å². The summed E-state index contributed by atoms with van der Waals surface area (Å²) in [5.41, 5.74) is 4.43. The second kappa shape index (κ2) is 6.27. The molecular weight excluding hydrogens is 268 g/mol. The molecule has 1 heterocycles. The maximum Gasteiger partial charge on any atom is 0.326 e. The normalized spacial score (nSPS) is 11.4. The SMILES string of the molecule is C=CCC(Nc1ncc([N+](=O)[O-])cc1C(N)=O)C(=O)O. The summed E-state index contributed by atoms with van der Waals surface area (Å²) >= 11 is 0. The number of anilines is 1. The molecule has 0 fully saturated rings. The molecule has 9 nitrogen and oxygen atoms in total. The number of carbonyl (C=O) groups excluding carboxylic acids is 1. The largest absolute Gasteiger partial charge is 0.480 e. The van der Waals surface area contributed by atoms with Crippen LogP contribution in [0.25, 0.3) is 0 Å². The van der Waals surface area contributed by atoms with Gasteiger partial charge in [-0.3, -0.25) is 14.9 Å². The summed E-state index contributed by atoms with van der Waals surface area (Å²) in [5.74, 6) is -2.26. The van der Waals surface area contributed by atoms with Crippen LogP contribution in [0.4, 0.5) is 11.5 Å². The molecule has 0 aromatic carbocycles. The highest BCUT2D eigenvalue weighted by Gasteiger charge is 2.21. The molecule has 1 unspecified atom stereocenters. The van der Waals surface area contributed by atoms with Gasteiger partial charge in [-0.2, -0.15) is 0 Å². The van der Waals surface area contributed by atoms with Gasteiger partial charge in [0.15, 0.2) is 0 Å². The Morgan fingerprint density at radius 3 is 2.75 bits per heavy atom. The highest BCUT2D eigenvalue weighted by molar-refractivity contribution is 5.98. The molecule has 0 saturated heterocycles. The summed E-state index contributed by atoms with van der Waals surface area (Å²) in [5, 5.41) is 22.1. The van der Waals surface area contributed by atoms with E-state index in [1.165, 1.54) is 6.08 Å². The zero-order valence-corrected chi connectivity index (χ0v) is 10.3. The predicted octanol–water partition coefficient (Wildman–Crippen LogP) is 0.530. The Labute approximate surface area is 113 Å². The number of nitrogens with two attached hydrogens (primary N) is 1. The number of nitrogens with one attached hydrogen (secondary N) is 1. The molecule has 0 aliphatic rings. The van der Waals surface area contributed by atoms with E-state index >= 15 is 0 Å². The van der Waals surface area contributed by atoms with E-state index in [1.807, 2.05) is 0 Å². The van der Waals surface area contributed by atoms with Gasteiger partial charge in [-0.05, 0) is 6.42 Å². The van der Waals surface area contributed by atoms with Crippen molar-refractivity contribution in [3.8, 4) is 0 Å². The number of carboxylic acid groups (broad SMARTS) is 1. The van der Waals surface area contributed by atoms with Crippen LogP contribution in [-0.2, 0) is 4.79 Å². The number of hydrogen-bond donors (Lipinski definition) is 3. The Balaban J connectivity index is 3.16. The van der Waals surface area contributed by atoms with Crippen molar-refractivity contribution >= 4 is 23.4 Å². The van der Waals surface area contributed by atoms with E-state index in [-0.39, 0.29) is 17.8 Å². The quantitative estimate of drug-likeness (QED) is 0.374. The Kier molecular flexibility index (Phi) is 4.73. The van der Waals surface area contributed by atoms with Crippen molar-refractivity contribution in [3.05, 3.63) is 40.6 Å². The minimum absolute atomic E-state index is 0.0756. The maximum atomic E-state index is 11.3. The summed E-state index contributed by atoms with van der Waals surface area (Å²) in [6.07, 6.45) is 2.36. The number of nitro groups is 1. The highest BCUT2D eigenvalue weighted by Crippen LogP contribution is 2.20. The van der Waals surface area contributed by atoms with Crippen LogP contribution in [0.2, 0.25) is 0 Å². The number of nitrogens with zero attached hydrogens (tertiary/aromatic N) is 2. The van der Waals surface area contributed by atoms with Gasteiger partial charge in [-0.25, -0.2) is 9.78 Å². The molecule has 1 atom stereocenters. The number of carbonyl (C=O) groups is 2. The Bertz CT molecular complexity index is 572. The molecule has 0 radical (unpaired) electrons. The molecule has 0 spiro atoms. The average molecular weight is 280 g/mol. The standard InChI is InChI=1S/C11H12N4O5/c1-2-3-8(11(17)18)14-10-7(9(12)16)4-6(5-13-10)15(19)20/h2,4-5,8H,1,3H2,(H2,12,16)(H,13,14)(H,17,18). The van der Waals surface area contributed by atoms with E-state index in [1.54, 1.807) is 0 Å². The molecule has 20 heavy (non-hydrogen) atoms. The van der Waals surface area contributed by atoms with Gasteiger partial charge in [0, 0.05) is 6.07 Å². The molecule has 1 rings (SSSR count). The van der Waals surface area contributed by atoms with Gasteiger partial charge in [0.05, 0.1) is 10.5 Å². The average Bonchev–Trinajstić information content (AvgIpc) is 2.37. The van der Waals surface area contributed by atoms with Crippen molar-refractivity contribution in [1.82, 2.24) is 4.98 Å². The highest BCUT2D eigenvalue weighted by atomic mass is 16.6. The first-order valence-electron chi connectivity index (χ1n) is 5.41. The zero-order chi connectivity index (χ0) is 15.3. The molecule has 106 valence electrons. The summed E-state index contributed by atoms with van der Waals surface area (Å²) in [6, 6.07) is -0.135. The summed E-state index contributed by atoms with van der Waals surface area (Å²) in [4.78, 5) is 35.8. The number of primary amides is 1. The Morgan fingerprint density at radius 1 is 1.65 bits per heavy atom. The van der Waals surface area contributed by atoms with Crippen LogP contribution in [0, 0.1) is 10.1 Å². The van der Waals surface area contributed by atoms with Gasteiger partial charge in [-0.15, -0.1) is 6.58 Å². The van der Waals surface area contributed by atoms with Gasteiger partial charge in [0.25, 0.3) is 11.6 Å². The zero-order valence-electron chi connectivity index (χ0n) is 10.3. The topological polar surface area (TPSA) is 148 Å². The number of aliphatic carboxylic acids is 1. The number of hydrogen-bond acceptors (Lipinski definition) is 6. The van der Waals surface area contributed by atoms with Crippen molar-refractivity contribution in [1.29, 1.82) is 0 Å². The predicted molar refractivity (Wildman–Crippen MR) is 69.3 cm³/mol. The molecule has 1 aromatic heterocycles. The molecule has 0 aliphatic heterocycles. The minimum atomic E-state index is -1.18. The number of rotatable bonds is 7. The molecule has 1 aromatic rings. The summed E-state index contributed by atoms with van der Waals surface area (Å²) in [7, 11) is 0. The first kappa shape index (κ1) is 15.1. The molecule has 0 bridgehead atoms. The second-order valence-corrected chi connectivity index (χ2v) is 3.77. The van der Waals surface area contributed by atoms with E-state index in [0.717, 1.165) is 12.3 Å². The van der Waals surface area contributed by atoms with Crippen LogP contribution in [-0.4, -0.2) is 32.9 Å². The monoisotopic (exact) mass is 280 g/mol. The summed E-state index contributed by atoms with van der Waals surface area (Å²) < 4.78 is 0. The number of aromatic nitrogens is 1. The van der Waals surface area contributed by atoms with Crippen LogP contribution in [0.15, 0.2) is 24.9 Å². The van der Waals surface area contributed by atoms with Crippen molar-refractivity contribution in [2.24, 2.45) is 5.73 Å². The number of pyridine rings is 1. The second-order valence-electron chi connectivity index (χ2n) is 3.77. The Hall–Kier alpha value is -2.97. The smallest absolute Gasteiger partial charge is 0.326 e. The molecule has 4 N–H and O–H groups in total. The van der Waals surface area contributed by atoms with Crippen molar-refractivity contribution < 1.29 is 19.6 Å². The fraction of sp³-hybridized carbons (Fsp3) is 0.182. The van der Waals surface area contributed by atoms with Gasteiger partial charge < -0.3 is 16.2 Å². The minimum Gasteiger partial charge on any atom is -0.480 e. The fourth-order valence-electron chi connectivity index (χ4n) is 1.41. The van der Waals surface area contributed by atoms with Crippen LogP contribution in [0.3, 0.4) is 0 Å². The number of amides is 1. The third-order valence-corrected chi connectivity index (χ3v) is 2.36. The lowest BCUT2D eigenvalue weighted by Gasteiger charge is -2.14. The lowest BCUT2D eigenvalue weighted by atomic mass is 10.1. The van der Waals surface area contributed by atoms with E-state index in [4.69, 9.17) is 10.8 Å². The van der Waals surface area contributed by atoms with Gasteiger partial charge in [0.2, 0.25) is 0 Å². The molecule has 0 aliphatic carbocycles. The van der Waals surface area contributed by atoms with Crippen LogP contribution >= 0.6 is 0 Å². The number of carboxylic acids is 1. The lowest BCUT2D eigenvalue weighted by Crippen LogP contribution is -2.30. The van der Waals surface area contributed by atoms with Crippen molar-refractivity contribution in [2.45, 2.75) is 12.5 Å². The lowest BCUT2D eigenvalue weighted by molar-refractivity contribution is -0.385. The van der Waals surface area contributed by atoms with E-state index in [2.05, 4.69) is 16.9 Å². The van der Waals surface area contributed by atoms with Gasteiger partial charge in [-0.1, -0.05) is 6.08 Å². The van der Waals surface area contributed by atoms with Crippen molar-refractivity contribution in [2.75, 3.05) is 5.32 Å². The third-order valence-electron chi connectivity index (χ3n) is 2.36. The maximum absolute atomic E-state index is 11.3. The van der Waals surface area contributed by atoms with E-state index in [9.17, 15) is 19.7 Å². The van der Waals surface area contributed by atoms with Crippen molar-refractivity contribution in [3.63, 3.8) is 0 Å². The van der Waals surface area contributed by atoms with Gasteiger partial charge in [0.1, 0.15) is 18.1 Å². The first-order valence-corrected chi connectivity index (χ1v) is 5.41. The first-order chi connectivity index (χ1) is 9.36. The molecule has 1 amide bonds. The van der Waals surface area contributed by atoms with Gasteiger partial charge >= 0.3 is 5.97 Å². The molecular formula is C11H12N4O5. The summed E-state index contributed by atoms with van der Waals surface area (Å²) in [6.45, 7) is 3.41. The van der Waals surface area contributed by atoms with E-state index < -0.39 is 28.5 Å². The van der Waals surface area contributed by atoms with Crippen LogP contribution < -0.4 is 11.1 Å². The van der Waals surface area contributed by atoms with E-state index in [0.29, 0.717) is 0 Å². The molecule has 9 heteroatoms. The molecule has 0 saturated carbocycles.